The molecule has 1 fully saturated rings. The van der Waals surface area contributed by atoms with Crippen LogP contribution in [-0.2, 0) is 11.3 Å². The van der Waals surface area contributed by atoms with Gasteiger partial charge in [0.15, 0.2) is 0 Å². The largest absolute Gasteiger partial charge is 0.386 e. The summed E-state index contributed by atoms with van der Waals surface area (Å²) in [5.74, 6) is 0.807. The van der Waals surface area contributed by atoms with Crippen LogP contribution in [0.5, 0.6) is 0 Å². The second-order valence-corrected chi connectivity index (χ2v) is 6.94. The molecule has 0 aromatic carbocycles. The summed E-state index contributed by atoms with van der Waals surface area (Å²) in [6, 6.07) is 1.87. The lowest BCUT2D eigenvalue weighted by Gasteiger charge is -2.41. The van der Waals surface area contributed by atoms with Crippen LogP contribution < -0.4 is 4.90 Å². The number of aromatic nitrogens is 4. The van der Waals surface area contributed by atoms with Crippen LogP contribution in [0.4, 0.5) is 5.82 Å². The molecule has 2 aromatic rings. The van der Waals surface area contributed by atoms with Gasteiger partial charge < -0.3 is 14.9 Å². The van der Waals surface area contributed by atoms with Crippen molar-refractivity contribution in [1.29, 1.82) is 0 Å². The molecule has 0 bridgehead atoms. The summed E-state index contributed by atoms with van der Waals surface area (Å²) in [6.45, 7) is 2.33. The van der Waals surface area contributed by atoms with E-state index in [1.165, 1.54) is 0 Å². The lowest BCUT2D eigenvalue weighted by atomic mass is 9.92. The fourth-order valence-corrected chi connectivity index (χ4v) is 3.44. The summed E-state index contributed by atoms with van der Waals surface area (Å²) in [7, 11) is 1.76. The molecule has 1 aliphatic rings. The van der Waals surface area contributed by atoms with Crippen LogP contribution in [0.3, 0.4) is 0 Å². The van der Waals surface area contributed by atoms with Gasteiger partial charge in [0, 0.05) is 57.9 Å². The molecule has 1 N–H and O–H groups in total. The van der Waals surface area contributed by atoms with E-state index in [-0.39, 0.29) is 5.91 Å². The van der Waals surface area contributed by atoms with Crippen LogP contribution in [0.15, 0.2) is 37.1 Å². The minimum Gasteiger partial charge on any atom is -0.386 e. The number of rotatable bonds is 7. The topological polar surface area (TPSA) is 87.4 Å². The molecule has 3 rings (SSSR count). The Kier molecular flexibility index (Phi) is 5.82. The zero-order valence-electron chi connectivity index (χ0n) is 15.2. The minimum absolute atomic E-state index is 0.0437. The number of aryl methyl sites for hydroxylation is 1. The van der Waals surface area contributed by atoms with Gasteiger partial charge in [0.1, 0.15) is 5.82 Å². The number of hydrogen-bond donors (Lipinski definition) is 1. The van der Waals surface area contributed by atoms with Crippen molar-refractivity contribution in [3.05, 3.63) is 37.1 Å². The number of carbonyl (C=O) groups excluding carboxylic acids is 1. The number of amides is 1. The van der Waals surface area contributed by atoms with Gasteiger partial charge in [-0.05, 0) is 25.3 Å². The zero-order valence-corrected chi connectivity index (χ0v) is 15.2. The number of hydrogen-bond acceptors (Lipinski definition) is 6. The lowest BCUT2D eigenvalue weighted by Crippen LogP contribution is -2.54. The first-order valence-corrected chi connectivity index (χ1v) is 9.00. The predicted molar refractivity (Wildman–Crippen MR) is 97.5 cm³/mol. The van der Waals surface area contributed by atoms with E-state index >= 15 is 0 Å². The van der Waals surface area contributed by atoms with Crippen molar-refractivity contribution < 1.29 is 9.90 Å². The van der Waals surface area contributed by atoms with E-state index in [0.717, 1.165) is 31.7 Å². The molecule has 1 atom stereocenters. The first kappa shape index (κ1) is 18.3. The maximum atomic E-state index is 12.4. The fraction of sp³-hybridized carbons (Fsp3) is 0.556. The van der Waals surface area contributed by atoms with E-state index in [1.807, 2.05) is 21.8 Å². The van der Waals surface area contributed by atoms with Crippen LogP contribution in [0.25, 0.3) is 0 Å². The molecule has 1 aliphatic heterocycles. The number of aliphatic hydroxyl groups is 1. The third-order valence-electron chi connectivity index (χ3n) is 4.72. The maximum Gasteiger partial charge on any atom is 0.222 e. The van der Waals surface area contributed by atoms with Crippen molar-refractivity contribution in [2.24, 2.45) is 0 Å². The van der Waals surface area contributed by atoms with Crippen molar-refractivity contribution >= 4 is 11.7 Å². The number of likely N-dealkylation sites (N-methyl/N-ethyl adjacent to an activating group) is 1. The predicted octanol–water partition coefficient (Wildman–Crippen LogP) is 0.943. The number of anilines is 1. The quantitative estimate of drug-likeness (QED) is 0.793. The average Bonchev–Trinajstić information content (AvgIpc) is 3.15. The van der Waals surface area contributed by atoms with E-state index in [1.54, 1.807) is 36.7 Å². The number of β-amino-alcohol motifs (C(OH)–C–C–N with tert-alkyl or cyclic N) is 1. The highest BCUT2D eigenvalue weighted by molar-refractivity contribution is 5.75. The number of piperidine rings is 1. The van der Waals surface area contributed by atoms with Gasteiger partial charge in [0.25, 0.3) is 0 Å². The molecule has 2 aromatic heterocycles. The Hall–Kier alpha value is -2.48. The molecule has 1 amide bonds. The molecule has 0 spiro atoms. The van der Waals surface area contributed by atoms with E-state index < -0.39 is 5.60 Å². The van der Waals surface area contributed by atoms with E-state index in [0.29, 0.717) is 25.9 Å². The molecular weight excluding hydrogens is 332 g/mol. The van der Waals surface area contributed by atoms with Crippen molar-refractivity contribution in [2.45, 2.75) is 37.8 Å². The molecule has 0 aliphatic carbocycles. The summed E-state index contributed by atoms with van der Waals surface area (Å²) in [5.41, 5.74) is -0.928. The number of nitrogens with zero attached hydrogens (tertiary/aromatic N) is 6. The van der Waals surface area contributed by atoms with Crippen molar-refractivity contribution in [3.8, 4) is 0 Å². The van der Waals surface area contributed by atoms with E-state index in [2.05, 4.69) is 15.1 Å². The van der Waals surface area contributed by atoms with Crippen molar-refractivity contribution in [1.82, 2.24) is 24.6 Å². The Bertz CT molecular complexity index is 693. The summed E-state index contributed by atoms with van der Waals surface area (Å²) >= 11 is 0. The molecule has 8 nitrogen and oxygen atoms in total. The van der Waals surface area contributed by atoms with Crippen molar-refractivity contribution in [3.63, 3.8) is 0 Å². The second-order valence-electron chi connectivity index (χ2n) is 6.94. The van der Waals surface area contributed by atoms with Crippen LogP contribution in [0.2, 0.25) is 0 Å². The normalized spacial score (nSPS) is 20.2. The molecule has 140 valence electrons. The average molecular weight is 358 g/mol. The summed E-state index contributed by atoms with van der Waals surface area (Å²) in [4.78, 5) is 24.5. The standard InChI is InChI=1S/C18H26N6O2/c1-22(17(25)5-2-11-24-12-4-7-21-24)14-18(26)6-3-10-23(15-18)16-13-19-8-9-20-16/h4,7-9,12-13,26H,2-3,5-6,10-11,14-15H2,1H3/t18-/m0/s1. The Morgan fingerprint density at radius 2 is 2.27 bits per heavy atom. The first-order chi connectivity index (χ1) is 12.6. The zero-order chi connectivity index (χ0) is 18.4. The summed E-state index contributed by atoms with van der Waals surface area (Å²) in [5, 5.41) is 15.1. The highest BCUT2D eigenvalue weighted by Crippen LogP contribution is 2.25. The monoisotopic (exact) mass is 358 g/mol. The molecule has 0 saturated carbocycles. The minimum atomic E-state index is -0.928. The van der Waals surface area contributed by atoms with Gasteiger partial charge >= 0.3 is 0 Å². The summed E-state index contributed by atoms with van der Waals surface area (Å²) in [6.07, 6.45) is 11.3. The fourth-order valence-electron chi connectivity index (χ4n) is 3.44. The smallest absolute Gasteiger partial charge is 0.222 e. The van der Waals surface area contributed by atoms with Gasteiger partial charge in [-0.3, -0.25) is 14.5 Å². The molecule has 3 heterocycles. The molecular formula is C18H26N6O2. The van der Waals surface area contributed by atoms with Gasteiger partial charge in [-0.2, -0.15) is 5.10 Å². The molecule has 26 heavy (non-hydrogen) atoms. The van der Waals surface area contributed by atoms with Gasteiger partial charge in [0.05, 0.1) is 18.3 Å². The Morgan fingerprint density at radius 3 is 3.00 bits per heavy atom. The Morgan fingerprint density at radius 1 is 1.38 bits per heavy atom. The highest BCUT2D eigenvalue weighted by atomic mass is 16.3. The van der Waals surface area contributed by atoms with Crippen LogP contribution in [0, 0.1) is 0 Å². The molecule has 1 saturated heterocycles. The Labute approximate surface area is 153 Å². The van der Waals surface area contributed by atoms with Crippen LogP contribution in [-0.4, -0.2) is 67.9 Å². The molecule has 8 heteroatoms. The Balaban J connectivity index is 1.50. The highest BCUT2D eigenvalue weighted by Gasteiger charge is 2.35. The van der Waals surface area contributed by atoms with Gasteiger partial charge in [0.2, 0.25) is 5.91 Å². The third-order valence-corrected chi connectivity index (χ3v) is 4.72. The van der Waals surface area contributed by atoms with E-state index in [4.69, 9.17) is 0 Å². The van der Waals surface area contributed by atoms with Gasteiger partial charge in [-0.15, -0.1) is 0 Å². The third kappa shape index (κ3) is 4.78. The van der Waals surface area contributed by atoms with Crippen LogP contribution in [0.1, 0.15) is 25.7 Å². The lowest BCUT2D eigenvalue weighted by molar-refractivity contribution is -0.133. The SMILES string of the molecule is CN(C[C@@]1(O)CCCN(c2cnccn2)C1)C(=O)CCCn1cccn1. The van der Waals surface area contributed by atoms with Gasteiger partial charge in [-0.25, -0.2) is 4.98 Å². The van der Waals surface area contributed by atoms with E-state index in [9.17, 15) is 9.90 Å². The summed E-state index contributed by atoms with van der Waals surface area (Å²) < 4.78 is 1.82. The second kappa shape index (κ2) is 8.27. The van der Waals surface area contributed by atoms with Crippen LogP contribution >= 0.6 is 0 Å². The first-order valence-electron chi connectivity index (χ1n) is 9.00. The maximum absolute atomic E-state index is 12.4. The number of carbonyl (C=O) groups is 1. The van der Waals surface area contributed by atoms with Gasteiger partial charge in [-0.1, -0.05) is 0 Å². The van der Waals surface area contributed by atoms with Crippen molar-refractivity contribution in [2.75, 3.05) is 31.6 Å². The molecule has 0 radical (unpaired) electrons. The molecule has 0 unspecified atom stereocenters.